The third kappa shape index (κ3) is 3.16. The minimum Gasteiger partial charge on any atom is -0.497 e. The first-order valence-corrected chi connectivity index (χ1v) is 9.12. The molecule has 130 valence electrons. The fourth-order valence-corrected chi connectivity index (χ4v) is 4.31. The van der Waals surface area contributed by atoms with Crippen molar-refractivity contribution in [3.63, 3.8) is 0 Å². The summed E-state index contributed by atoms with van der Waals surface area (Å²) in [5, 5.41) is 12.9. The van der Waals surface area contributed by atoms with E-state index in [1.54, 1.807) is 7.11 Å². The molecule has 1 spiro atoms. The summed E-state index contributed by atoms with van der Waals surface area (Å²) in [6, 6.07) is 11.2. The highest BCUT2D eigenvalue weighted by Crippen LogP contribution is 2.57. The van der Waals surface area contributed by atoms with Gasteiger partial charge in [-0.2, -0.15) is 5.26 Å². The lowest BCUT2D eigenvalue weighted by Gasteiger charge is -2.62. The molecule has 0 saturated heterocycles. The van der Waals surface area contributed by atoms with Gasteiger partial charge in [0.15, 0.2) is 0 Å². The average Bonchev–Trinajstić information content (AvgIpc) is 2.55. The Kier molecular flexibility index (Phi) is 5.43. The Labute approximate surface area is 145 Å². The van der Waals surface area contributed by atoms with E-state index >= 15 is 0 Å². The van der Waals surface area contributed by atoms with Gasteiger partial charge in [-0.05, 0) is 50.3 Å². The molecule has 3 atom stereocenters. The SMILES string of the molecule is CCOC1CC(NC(CCC#N)c2ccc(OC)cc2)C12CCC2. The zero-order valence-electron chi connectivity index (χ0n) is 14.8. The van der Waals surface area contributed by atoms with Gasteiger partial charge in [-0.1, -0.05) is 18.6 Å². The van der Waals surface area contributed by atoms with Crippen LogP contribution in [-0.4, -0.2) is 25.9 Å². The molecule has 0 amide bonds. The summed E-state index contributed by atoms with van der Waals surface area (Å²) >= 11 is 0. The fraction of sp³-hybridized carbons (Fsp3) is 0.650. The average molecular weight is 328 g/mol. The number of rotatable bonds is 8. The first-order chi connectivity index (χ1) is 11.7. The van der Waals surface area contributed by atoms with E-state index in [1.807, 2.05) is 12.1 Å². The maximum atomic E-state index is 9.00. The van der Waals surface area contributed by atoms with Crippen molar-refractivity contribution in [2.45, 2.75) is 63.6 Å². The van der Waals surface area contributed by atoms with Crippen molar-refractivity contribution in [1.82, 2.24) is 5.32 Å². The molecule has 1 N–H and O–H groups in total. The van der Waals surface area contributed by atoms with Crippen molar-refractivity contribution >= 4 is 0 Å². The highest BCUT2D eigenvalue weighted by atomic mass is 16.5. The molecule has 0 heterocycles. The van der Waals surface area contributed by atoms with Crippen LogP contribution in [-0.2, 0) is 4.74 Å². The molecule has 2 fully saturated rings. The van der Waals surface area contributed by atoms with Crippen LogP contribution in [0.2, 0.25) is 0 Å². The Hall–Kier alpha value is -1.57. The summed E-state index contributed by atoms with van der Waals surface area (Å²) in [5.74, 6) is 0.869. The minimum absolute atomic E-state index is 0.223. The third-order valence-corrected chi connectivity index (χ3v) is 5.90. The van der Waals surface area contributed by atoms with Crippen LogP contribution in [0.15, 0.2) is 24.3 Å². The van der Waals surface area contributed by atoms with Gasteiger partial charge in [-0.15, -0.1) is 0 Å². The molecule has 0 radical (unpaired) electrons. The monoisotopic (exact) mass is 328 g/mol. The minimum atomic E-state index is 0.223. The Morgan fingerprint density at radius 1 is 1.33 bits per heavy atom. The van der Waals surface area contributed by atoms with E-state index < -0.39 is 0 Å². The van der Waals surface area contributed by atoms with Crippen LogP contribution in [0.25, 0.3) is 0 Å². The summed E-state index contributed by atoms with van der Waals surface area (Å²) in [5.41, 5.74) is 1.58. The zero-order valence-corrected chi connectivity index (χ0v) is 14.8. The first kappa shape index (κ1) is 17.3. The topological polar surface area (TPSA) is 54.3 Å². The molecule has 3 rings (SSSR count). The van der Waals surface area contributed by atoms with Gasteiger partial charge >= 0.3 is 0 Å². The second kappa shape index (κ2) is 7.55. The quantitative estimate of drug-likeness (QED) is 0.784. The smallest absolute Gasteiger partial charge is 0.118 e. The number of methoxy groups -OCH3 is 1. The Morgan fingerprint density at radius 2 is 2.08 bits per heavy atom. The van der Waals surface area contributed by atoms with Gasteiger partial charge in [0.2, 0.25) is 0 Å². The van der Waals surface area contributed by atoms with Crippen molar-refractivity contribution in [3.05, 3.63) is 29.8 Å². The number of nitriles is 1. The van der Waals surface area contributed by atoms with Gasteiger partial charge in [0.1, 0.15) is 5.75 Å². The number of hydrogen-bond acceptors (Lipinski definition) is 4. The molecule has 2 aliphatic carbocycles. The summed E-state index contributed by atoms with van der Waals surface area (Å²) in [7, 11) is 1.68. The summed E-state index contributed by atoms with van der Waals surface area (Å²) in [6.07, 6.45) is 6.76. The predicted molar refractivity (Wildman–Crippen MR) is 93.8 cm³/mol. The van der Waals surface area contributed by atoms with Crippen LogP contribution in [0.4, 0.5) is 0 Å². The van der Waals surface area contributed by atoms with E-state index in [-0.39, 0.29) is 6.04 Å². The fourth-order valence-electron chi connectivity index (χ4n) is 4.31. The lowest BCUT2D eigenvalue weighted by Crippen LogP contribution is -2.67. The number of ether oxygens (including phenoxy) is 2. The van der Waals surface area contributed by atoms with Gasteiger partial charge in [0.25, 0.3) is 0 Å². The largest absolute Gasteiger partial charge is 0.497 e. The number of nitrogens with zero attached hydrogens (tertiary/aromatic N) is 1. The van der Waals surface area contributed by atoms with Crippen LogP contribution in [0.3, 0.4) is 0 Å². The van der Waals surface area contributed by atoms with Crippen molar-refractivity contribution < 1.29 is 9.47 Å². The molecular weight excluding hydrogens is 300 g/mol. The summed E-state index contributed by atoms with van der Waals surface area (Å²) in [4.78, 5) is 0. The molecule has 0 aliphatic heterocycles. The second-order valence-corrected chi connectivity index (χ2v) is 7.01. The number of hydrogen-bond donors (Lipinski definition) is 1. The van der Waals surface area contributed by atoms with Crippen molar-refractivity contribution in [3.8, 4) is 11.8 Å². The van der Waals surface area contributed by atoms with Gasteiger partial charge in [0.05, 0.1) is 19.3 Å². The molecular formula is C20H28N2O2. The highest BCUT2D eigenvalue weighted by molar-refractivity contribution is 5.29. The van der Waals surface area contributed by atoms with E-state index in [9.17, 15) is 0 Å². The lowest BCUT2D eigenvalue weighted by molar-refractivity contribution is -0.175. The Balaban J connectivity index is 1.69. The molecule has 2 aliphatic rings. The number of benzene rings is 1. The first-order valence-electron chi connectivity index (χ1n) is 9.12. The van der Waals surface area contributed by atoms with Crippen molar-refractivity contribution in [1.29, 1.82) is 5.26 Å². The maximum absolute atomic E-state index is 9.00. The van der Waals surface area contributed by atoms with Gasteiger partial charge in [-0.25, -0.2) is 0 Å². The van der Waals surface area contributed by atoms with E-state index in [0.29, 0.717) is 24.0 Å². The molecule has 4 nitrogen and oxygen atoms in total. The molecule has 1 aromatic carbocycles. The number of nitrogens with one attached hydrogen (secondary N) is 1. The van der Waals surface area contributed by atoms with Crippen LogP contribution >= 0.6 is 0 Å². The third-order valence-electron chi connectivity index (χ3n) is 5.90. The van der Waals surface area contributed by atoms with Crippen LogP contribution in [0, 0.1) is 16.7 Å². The highest BCUT2D eigenvalue weighted by Gasteiger charge is 2.59. The van der Waals surface area contributed by atoms with Gasteiger partial charge in [0, 0.05) is 30.5 Å². The molecule has 0 bridgehead atoms. The van der Waals surface area contributed by atoms with Crippen LogP contribution in [0.5, 0.6) is 5.75 Å². The second-order valence-electron chi connectivity index (χ2n) is 7.01. The van der Waals surface area contributed by atoms with Crippen molar-refractivity contribution in [2.75, 3.05) is 13.7 Å². The van der Waals surface area contributed by atoms with Crippen LogP contribution < -0.4 is 10.1 Å². The molecule has 1 aromatic rings. The Bertz CT molecular complexity index is 574. The molecule has 3 unspecified atom stereocenters. The Morgan fingerprint density at radius 3 is 2.62 bits per heavy atom. The summed E-state index contributed by atoms with van der Waals surface area (Å²) in [6.45, 7) is 2.88. The molecule has 0 aromatic heterocycles. The zero-order chi connectivity index (χ0) is 17.0. The molecule has 2 saturated carbocycles. The van der Waals surface area contributed by atoms with E-state index in [4.69, 9.17) is 14.7 Å². The summed E-state index contributed by atoms with van der Waals surface area (Å²) < 4.78 is 11.2. The van der Waals surface area contributed by atoms with E-state index in [1.165, 1.54) is 24.8 Å². The molecule has 24 heavy (non-hydrogen) atoms. The van der Waals surface area contributed by atoms with Gasteiger partial charge < -0.3 is 14.8 Å². The van der Waals surface area contributed by atoms with E-state index in [0.717, 1.165) is 25.2 Å². The maximum Gasteiger partial charge on any atom is 0.118 e. The van der Waals surface area contributed by atoms with E-state index in [2.05, 4.69) is 30.4 Å². The predicted octanol–water partition coefficient (Wildman–Crippen LogP) is 3.98. The molecule has 4 heteroatoms. The van der Waals surface area contributed by atoms with Crippen LogP contribution in [0.1, 0.15) is 57.1 Å². The normalized spacial score (nSPS) is 25.4. The lowest BCUT2D eigenvalue weighted by atomic mass is 9.51. The standard InChI is InChI=1S/C20H28N2O2/c1-3-24-19-14-18(20(19)11-5-12-20)22-17(6-4-13-21)15-7-9-16(23-2)10-8-15/h7-10,17-19,22H,3-6,11-12,14H2,1-2H3. The van der Waals surface area contributed by atoms with Crippen molar-refractivity contribution in [2.24, 2.45) is 5.41 Å². The van der Waals surface area contributed by atoms with Gasteiger partial charge in [-0.3, -0.25) is 0 Å².